The molecule has 29 heavy (non-hydrogen) atoms. The molecule has 10 heteroatoms. The highest BCUT2D eigenvalue weighted by Gasteiger charge is 2.38. The molecule has 1 aliphatic rings. The first-order valence-electron chi connectivity index (χ1n) is 9.03. The third-order valence-electron chi connectivity index (χ3n) is 4.72. The SMILES string of the molecule is CCCC(C(=O)O)N1c2cccc(N(C)OS(=O)O)c2CN1c1ccc(Cl)cc1. The second-order valence-corrected chi connectivity index (χ2v) is 7.61. The van der Waals surface area contributed by atoms with E-state index in [1.54, 1.807) is 29.3 Å². The number of carboxylic acids is 1. The van der Waals surface area contributed by atoms with Crippen LogP contribution in [-0.2, 0) is 27.0 Å². The van der Waals surface area contributed by atoms with Crippen molar-refractivity contribution in [2.75, 3.05) is 22.1 Å². The van der Waals surface area contributed by atoms with Gasteiger partial charge in [-0.1, -0.05) is 31.0 Å². The third-order valence-corrected chi connectivity index (χ3v) is 5.33. The van der Waals surface area contributed by atoms with E-state index in [1.165, 1.54) is 12.1 Å². The molecule has 2 aromatic rings. The lowest BCUT2D eigenvalue weighted by molar-refractivity contribution is -0.138. The van der Waals surface area contributed by atoms with Crippen LogP contribution >= 0.6 is 11.6 Å². The standard InChI is InChI=1S/C19H22ClN3O5S/c1-3-5-18(19(24)25)23-17-7-4-6-16(21(2)28-29(26)27)15(17)12-22(23)14-10-8-13(20)9-11-14/h4,6-11,18H,3,5,12H2,1-2H3,(H,24,25)(H,26,27). The van der Waals surface area contributed by atoms with Gasteiger partial charge in [0.1, 0.15) is 6.04 Å². The summed E-state index contributed by atoms with van der Waals surface area (Å²) < 4.78 is 25.1. The summed E-state index contributed by atoms with van der Waals surface area (Å²) in [6.45, 7) is 2.31. The number of hydroxylamine groups is 1. The Labute approximate surface area is 176 Å². The maximum Gasteiger partial charge on any atom is 0.328 e. The number of nitrogens with zero attached hydrogens (tertiary/aromatic N) is 3. The average molecular weight is 440 g/mol. The second kappa shape index (κ2) is 9.00. The Kier molecular flexibility index (Phi) is 6.63. The van der Waals surface area contributed by atoms with E-state index >= 15 is 0 Å². The Morgan fingerprint density at radius 1 is 1.31 bits per heavy atom. The highest BCUT2D eigenvalue weighted by molar-refractivity contribution is 7.74. The van der Waals surface area contributed by atoms with Gasteiger partial charge in [-0.05, 0) is 42.8 Å². The summed E-state index contributed by atoms with van der Waals surface area (Å²) in [5, 5.41) is 15.3. The maximum absolute atomic E-state index is 12.1. The molecule has 1 heterocycles. The molecule has 2 unspecified atom stereocenters. The Balaban J connectivity index is 2.10. The molecule has 0 saturated carbocycles. The van der Waals surface area contributed by atoms with Crippen molar-refractivity contribution < 1.29 is 22.9 Å². The smallest absolute Gasteiger partial charge is 0.328 e. The Bertz CT molecular complexity index is 911. The van der Waals surface area contributed by atoms with Crippen molar-refractivity contribution in [3.05, 3.63) is 53.1 Å². The van der Waals surface area contributed by atoms with Crippen molar-refractivity contribution in [2.45, 2.75) is 32.4 Å². The number of carboxylic acid groups (broad SMARTS) is 1. The molecule has 3 rings (SSSR count). The van der Waals surface area contributed by atoms with Crippen LogP contribution in [0.4, 0.5) is 17.1 Å². The quantitative estimate of drug-likeness (QED) is 0.473. The van der Waals surface area contributed by atoms with E-state index in [2.05, 4.69) is 0 Å². The number of aliphatic carboxylic acids is 1. The number of rotatable bonds is 8. The number of carbonyl (C=O) groups is 1. The molecule has 0 bridgehead atoms. The van der Waals surface area contributed by atoms with E-state index in [9.17, 15) is 14.1 Å². The number of hydrogen-bond acceptors (Lipinski definition) is 6. The molecule has 0 amide bonds. The molecular weight excluding hydrogens is 418 g/mol. The van der Waals surface area contributed by atoms with E-state index in [1.807, 2.05) is 30.1 Å². The van der Waals surface area contributed by atoms with Gasteiger partial charge >= 0.3 is 17.3 Å². The van der Waals surface area contributed by atoms with Crippen LogP contribution in [0.1, 0.15) is 25.3 Å². The predicted molar refractivity (Wildman–Crippen MR) is 113 cm³/mol. The molecule has 156 valence electrons. The van der Waals surface area contributed by atoms with Gasteiger partial charge in [-0.2, -0.15) is 4.21 Å². The Morgan fingerprint density at radius 3 is 2.59 bits per heavy atom. The fourth-order valence-corrected chi connectivity index (χ4v) is 3.91. The van der Waals surface area contributed by atoms with Gasteiger partial charge in [0.05, 0.1) is 23.6 Å². The summed E-state index contributed by atoms with van der Waals surface area (Å²) in [7, 11) is 1.53. The second-order valence-electron chi connectivity index (χ2n) is 6.59. The number of halogens is 1. The monoisotopic (exact) mass is 439 g/mol. The van der Waals surface area contributed by atoms with Crippen molar-refractivity contribution in [1.29, 1.82) is 0 Å². The van der Waals surface area contributed by atoms with Gasteiger partial charge in [0.2, 0.25) is 0 Å². The molecular formula is C19H22ClN3O5S. The van der Waals surface area contributed by atoms with E-state index < -0.39 is 23.4 Å². The molecule has 0 aliphatic carbocycles. The number of anilines is 3. The molecule has 0 fully saturated rings. The van der Waals surface area contributed by atoms with Gasteiger partial charge in [-0.25, -0.2) is 9.86 Å². The van der Waals surface area contributed by atoms with E-state index in [4.69, 9.17) is 20.4 Å². The van der Waals surface area contributed by atoms with Gasteiger partial charge < -0.3 is 5.11 Å². The van der Waals surface area contributed by atoms with Gasteiger partial charge in [0.25, 0.3) is 0 Å². The number of hydrazine groups is 1. The first-order chi connectivity index (χ1) is 13.8. The van der Waals surface area contributed by atoms with Crippen LogP contribution in [0.15, 0.2) is 42.5 Å². The third kappa shape index (κ3) is 4.48. The summed E-state index contributed by atoms with van der Waals surface area (Å²) in [5.41, 5.74) is 2.86. The minimum atomic E-state index is -2.48. The summed E-state index contributed by atoms with van der Waals surface area (Å²) in [5.74, 6) is -0.926. The lowest BCUT2D eigenvalue weighted by Gasteiger charge is -2.36. The van der Waals surface area contributed by atoms with Crippen molar-refractivity contribution in [3.8, 4) is 0 Å². The Hall–Kier alpha value is -2.33. The summed E-state index contributed by atoms with van der Waals surface area (Å²) in [6, 6.07) is 11.7. The lowest BCUT2D eigenvalue weighted by Crippen LogP contribution is -2.49. The molecule has 1 aliphatic heterocycles. The van der Waals surface area contributed by atoms with Gasteiger partial charge in [-0.3, -0.25) is 14.6 Å². The minimum absolute atomic E-state index is 0.367. The van der Waals surface area contributed by atoms with Crippen LogP contribution < -0.4 is 15.1 Å². The normalized spacial score (nSPS) is 15.2. The van der Waals surface area contributed by atoms with Crippen molar-refractivity contribution in [2.24, 2.45) is 0 Å². The predicted octanol–water partition coefficient (Wildman–Crippen LogP) is 3.84. The van der Waals surface area contributed by atoms with Crippen LogP contribution in [0.2, 0.25) is 5.02 Å². The molecule has 8 nitrogen and oxygen atoms in total. The van der Waals surface area contributed by atoms with E-state index in [0.717, 1.165) is 11.3 Å². The molecule has 0 saturated heterocycles. The first-order valence-corrected chi connectivity index (χ1v) is 10.4. The van der Waals surface area contributed by atoms with Crippen molar-refractivity contribution in [3.63, 3.8) is 0 Å². The van der Waals surface area contributed by atoms with Gasteiger partial charge in [0, 0.05) is 17.6 Å². The van der Waals surface area contributed by atoms with Crippen LogP contribution in [-0.4, -0.2) is 32.9 Å². The zero-order valence-corrected chi connectivity index (χ0v) is 17.6. The number of benzene rings is 2. The number of fused-ring (bicyclic) bond motifs is 1. The topological polar surface area (TPSA) is 93.6 Å². The largest absolute Gasteiger partial charge is 0.480 e. The molecule has 2 aromatic carbocycles. The summed E-state index contributed by atoms with van der Waals surface area (Å²) in [4.78, 5) is 12.1. The van der Waals surface area contributed by atoms with Crippen molar-refractivity contribution in [1.82, 2.24) is 0 Å². The molecule has 2 atom stereocenters. The average Bonchev–Trinajstić information content (AvgIpc) is 3.05. The molecule has 0 radical (unpaired) electrons. The van der Waals surface area contributed by atoms with Crippen LogP contribution in [0.25, 0.3) is 0 Å². The van der Waals surface area contributed by atoms with Gasteiger partial charge in [-0.15, -0.1) is 4.28 Å². The van der Waals surface area contributed by atoms with Crippen molar-refractivity contribution >= 4 is 46.0 Å². The van der Waals surface area contributed by atoms with Crippen LogP contribution in [0.3, 0.4) is 0 Å². The minimum Gasteiger partial charge on any atom is -0.480 e. The van der Waals surface area contributed by atoms with E-state index in [-0.39, 0.29) is 0 Å². The summed E-state index contributed by atoms with van der Waals surface area (Å²) in [6.07, 6.45) is 1.15. The highest BCUT2D eigenvalue weighted by atomic mass is 35.5. The zero-order chi connectivity index (χ0) is 21.1. The van der Waals surface area contributed by atoms with Crippen LogP contribution in [0.5, 0.6) is 0 Å². The fraction of sp³-hybridized carbons (Fsp3) is 0.316. The maximum atomic E-state index is 12.1. The summed E-state index contributed by atoms with van der Waals surface area (Å²) >= 11 is 3.54. The number of hydrogen-bond donors (Lipinski definition) is 2. The zero-order valence-electron chi connectivity index (χ0n) is 16.0. The molecule has 0 spiro atoms. The van der Waals surface area contributed by atoms with E-state index in [0.29, 0.717) is 35.8 Å². The fourth-order valence-electron chi connectivity index (χ4n) is 3.52. The molecule has 2 N–H and O–H groups in total. The Morgan fingerprint density at radius 2 is 2.00 bits per heavy atom. The highest BCUT2D eigenvalue weighted by Crippen LogP contribution is 2.42. The van der Waals surface area contributed by atoms with Gasteiger partial charge in [0.15, 0.2) is 0 Å². The lowest BCUT2D eigenvalue weighted by atomic mass is 10.1. The van der Waals surface area contributed by atoms with Crippen LogP contribution in [0, 0.1) is 0 Å². The molecule has 0 aromatic heterocycles. The first kappa shape index (κ1) is 21.4.